The predicted octanol–water partition coefficient (Wildman–Crippen LogP) is 6.10. The first-order chi connectivity index (χ1) is 10.6. The number of anilines is 1. The summed E-state index contributed by atoms with van der Waals surface area (Å²) in [4.78, 5) is 1.26. The van der Waals surface area contributed by atoms with Gasteiger partial charge in [-0.05, 0) is 24.5 Å². The summed E-state index contributed by atoms with van der Waals surface area (Å²) in [5.41, 5.74) is 2.33. The Morgan fingerprint density at radius 2 is 1.64 bits per heavy atom. The van der Waals surface area contributed by atoms with E-state index in [2.05, 4.69) is 35.8 Å². The van der Waals surface area contributed by atoms with Crippen molar-refractivity contribution in [1.29, 1.82) is 0 Å². The van der Waals surface area contributed by atoms with Crippen LogP contribution < -0.4 is 10.1 Å². The van der Waals surface area contributed by atoms with Crippen molar-refractivity contribution >= 4 is 47.6 Å². The number of benzene rings is 2. The molecular formula is C15H17Cl3CrNOS. The minimum atomic E-state index is -1.62. The molecule has 0 saturated carbocycles. The zero-order valence-corrected chi connectivity index (χ0v) is 16.5. The van der Waals surface area contributed by atoms with Crippen molar-refractivity contribution in [3.8, 4) is 5.75 Å². The van der Waals surface area contributed by atoms with E-state index in [1.807, 2.05) is 24.3 Å². The van der Waals surface area contributed by atoms with Gasteiger partial charge in [-0.3, -0.25) is 0 Å². The van der Waals surface area contributed by atoms with Crippen molar-refractivity contribution in [3.63, 3.8) is 0 Å². The van der Waals surface area contributed by atoms with Crippen LogP contribution in [0.2, 0.25) is 0 Å². The number of methoxy groups -OCH3 is 1. The van der Waals surface area contributed by atoms with Crippen LogP contribution in [0.3, 0.4) is 0 Å². The van der Waals surface area contributed by atoms with Gasteiger partial charge < -0.3 is 10.1 Å². The van der Waals surface area contributed by atoms with Crippen LogP contribution >= 0.6 is 41.9 Å². The molecule has 0 radical (unpaired) electrons. The number of thioether (sulfide) groups is 1. The molecule has 7 heteroatoms. The first-order valence-electron chi connectivity index (χ1n) is 6.30. The van der Waals surface area contributed by atoms with Gasteiger partial charge in [0.25, 0.3) is 0 Å². The topological polar surface area (TPSA) is 21.3 Å². The number of nitrogens with one attached hydrogen (secondary N) is 1. The number of hydrogen-bond acceptors (Lipinski definition) is 3. The Morgan fingerprint density at radius 3 is 2.27 bits per heavy atom. The molecule has 1 N–H and O–H groups in total. The molecule has 0 fully saturated rings. The average Bonchev–Trinajstić information content (AvgIpc) is 2.53. The molecule has 0 spiro atoms. The van der Waals surface area contributed by atoms with Crippen molar-refractivity contribution in [1.82, 2.24) is 0 Å². The molecule has 0 aromatic heterocycles. The van der Waals surface area contributed by atoms with Gasteiger partial charge in [-0.25, -0.2) is 0 Å². The zero-order valence-electron chi connectivity index (χ0n) is 12.2. The minimum absolute atomic E-state index is 0.765. The Bertz CT molecular complexity index is 522. The fourth-order valence-corrected chi connectivity index (χ4v) is 2.40. The molecule has 0 atom stereocenters. The molecule has 0 unspecified atom stereocenters. The Labute approximate surface area is 153 Å². The van der Waals surface area contributed by atoms with E-state index in [1.54, 1.807) is 18.9 Å². The third kappa shape index (κ3) is 7.37. The third-order valence-corrected chi connectivity index (χ3v) is 3.56. The first kappa shape index (κ1) is 19.8. The summed E-state index contributed by atoms with van der Waals surface area (Å²) < 4.78 is 5.35. The second-order valence-corrected chi connectivity index (χ2v) is 11.2. The van der Waals surface area contributed by atoms with Crippen molar-refractivity contribution in [2.75, 3.05) is 18.7 Å². The van der Waals surface area contributed by atoms with Gasteiger partial charge in [-0.1, -0.05) is 30.3 Å². The number of para-hydroxylation sites is 2. The number of ether oxygens (including phenoxy) is 1. The second kappa shape index (κ2) is 11.3. The average molecular weight is 418 g/mol. The maximum atomic E-state index is 5.35. The fourth-order valence-electron chi connectivity index (χ4n) is 1.83. The van der Waals surface area contributed by atoms with E-state index in [9.17, 15) is 0 Å². The third-order valence-electron chi connectivity index (χ3n) is 2.77. The molecule has 0 aliphatic carbocycles. The van der Waals surface area contributed by atoms with Crippen molar-refractivity contribution in [3.05, 3.63) is 54.1 Å². The van der Waals surface area contributed by atoms with Crippen LogP contribution in [-0.2, 0) is 17.9 Å². The summed E-state index contributed by atoms with van der Waals surface area (Å²) in [6.07, 6.45) is 2.09. The van der Waals surface area contributed by atoms with Crippen LogP contribution in [0, 0.1) is 0 Å². The van der Waals surface area contributed by atoms with Crippen LogP contribution in [0.25, 0.3) is 0 Å². The summed E-state index contributed by atoms with van der Waals surface area (Å²) in [6, 6.07) is 16.4. The SMILES string of the molecule is COc1ccccc1CNc1ccccc1SC.[Cl][Cr]([Cl])[Cl]. The van der Waals surface area contributed by atoms with Gasteiger partial charge >= 0.3 is 41.5 Å². The van der Waals surface area contributed by atoms with Crippen LogP contribution in [0.4, 0.5) is 5.69 Å². The van der Waals surface area contributed by atoms with Gasteiger partial charge in [0.05, 0.1) is 7.11 Å². The number of rotatable bonds is 5. The molecule has 22 heavy (non-hydrogen) atoms. The second-order valence-electron chi connectivity index (χ2n) is 4.04. The van der Waals surface area contributed by atoms with Crippen LogP contribution in [0.5, 0.6) is 5.75 Å². The molecule has 0 amide bonds. The first-order valence-corrected chi connectivity index (χ1v) is 12.8. The van der Waals surface area contributed by atoms with Crippen molar-refractivity contribution in [2.24, 2.45) is 0 Å². The van der Waals surface area contributed by atoms with Gasteiger partial charge in [-0.15, -0.1) is 11.8 Å². The summed E-state index contributed by atoms with van der Waals surface area (Å²) in [5, 5.41) is 3.45. The molecular weight excluding hydrogens is 401 g/mol. The Balaban J connectivity index is 0.000000541. The molecule has 2 rings (SSSR count). The Morgan fingerprint density at radius 1 is 1.05 bits per heavy atom. The van der Waals surface area contributed by atoms with Gasteiger partial charge in [0, 0.05) is 22.7 Å². The summed E-state index contributed by atoms with van der Waals surface area (Å²) in [6.45, 7) is 0.765. The molecule has 0 bridgehead atoms. The van der Waals surface area contributed by atoms with Crippen LogP contribution in [0.15, 0.2) is 53.4 Å². The molecule has 2 nitrogen and oxygen atoms in total. The van der Waals surface area contributed by atoms with Crippen molar-refractivity contribution in [2.45, 2.75) is 11.4 Å². The van der Waals surface area contributed by atoms with Crippen LogP contribution in [0.1, 0.15) is 5.56 Å². The summed E-state index contributed by atoms with van der Waals surface area (Å²) in [7, 11) is 16.5. The van der Waals surface area contributed by atoms with E-state index < -0.39 is 11.4 Å². The van der Waals surface area contributed by atoms with E-state index in [0.717, 1.165) is 23.5 Å². The fraction of sp³-hybridized carbons (Fsp3) is 0.200. The molecule has 0 aliphatic heterocycles. The number of halogens is 3. The van der Waals surface area contributed by atoms with Gasteiger partial charge in [0.1, 0.15) is 5.75 Å². The van der Waals surface area contributed by atoms with E-state index in [-0.39, 0.29) is 0 Å². The van der Waals surface area contributed by atoms with Gasteiger partial charge in [0.2, 0.25) is 0 Å². The van der Waals surface area contributed by atoms with E-state index in [4.69, 9.17) is 34.9 Å². The van der Waals surface area contributed by atoms with Crippen LogP contribution in [-0.4, -0.2) is 13.4 Å². The molecule has 0 heterocycles. The molecule has 0 saturated heterocycles. The molecule has 121 valence electrons. The standard InChI is InChI=1S/C15H17NOS.3ClH.Cr/c1-17-14-9-5-3-7-12(14)11-16-13-8-4-6-10-15(13)18-2;;;;/h3-10,16H,11H2,1-2H3;3*1H;/q;;;;+3/p-3. The molecule has 2 aromatic rings. The Hall–Kier alpha value is -0.208. The molecule has 2 aromatic carbocycles. The van der Waals surface area contributed by atoms with Crippen molar-refractivity contribution < 1.29 is 16.1 Å². The monoisotopic (exact) mass is 416 g/mol. The summed E-state index contributed by atoms with van der Waals surface area (Å²) in [5.74, 6) is 0.923. The van der Waals surface area contributed by atoms with Gasteiger partial charge in [-0.2, -0.15) is 0 Å². The predicted molar refractivity (Wildman–Crippen MR) is 96.1 cm³/mol. The van der Waals surface area contributed by atoms with E-state index >= 15 is 0 Å². The normalized spacial score (nSPS) is 9.91. The summed E-state index contributed by atoms with van der Waals surface area (Å²) >= 11 is 0.122. The quantitative estimate of drug-likeness (QED) is 0.594. The number of hydrogen-bond donors (Lipinski definition) is 1. The Kier molecular flexibility index (Phi) is 10.2. The van der Waals surface area contributed by atoms with E-state index in [1.165, 1.54) is 4.90 Å². The van der Waals surface area contributed by atoms with E-state index in [0.29, 0.717) is 0 Å². The zero-order chi connectivity index (χ0) is 16.4. The van der Waals surface area contributed by atoms with Gasteiger partial charge in [0.15, 0.2) is 0 Å². The maximum absolute atomic E-state index is 5.35. The molecule has 0 aliphatic rings.